The molecule has 1 aliphatic carbocycles. The highest BCUT2D eigenvalue weighted by atomic mass is 35.5. The third-order valence-corrected chi connectivity index (χ3v) is 4.10. The van der Waals surface area contributed by atoms with Gasteiger partial charge in [0.25, 0.3) is 5.91 Å². The molecule has 0 bridgehead atoms. The lowest BCUT2D eigenvalue weighted by Gasteiger charge is -2.23. The van der Waals surface area contributed by atoms with Gasteiger partial charge < -0.3 is 16.0 Å². The highest BCUT2D eigenvalue weighted by Gasteiger charge is 2.19. The van der Waals surface area contributed by atoms with Gasteiger partial charge in [-0.1, -0.05) is 24.4 Å². The Morgan fingerprint density at radius 3 is 2.75 bits per heavy atom. The van der Waals surface area contributed by atoms with Crippen LogP contribution in [0.1, 0.15) is 36.0 Å². The van der Waals surface area contributed by atoms with Gasteiger partial charge in [0.05, 0.1) is 0 Å². The first-order chi connectivity index (χ1) is 9.56. The summed E-state index contributed by atoms with van der Waals surface area (Å²) in [6, 6.07) is 5.58. The molecule has 0 spiro atoms. The van der Waals surface area contributed by atoms with Crippen LogP contribution in [-0.2, 0) is 0 Å². The second-order valence-corrected chi connectivity index (χ2v) is 5.88. The molecule has 1 amide bonds. The van der Waals surface area contributed by atoms with Gasteiger partial charge in [0.15, 0.2) is 0 Å². The molecule has 1 saturated carbocycles. The lowest BCUT2D eigenvalue weighted by Crippen LogP contribution is -2.37. The largest absolute Gasteiger partial charge is 0.399 e. The number of benzene rings is 1. The second kappa shape index (κ2) is 6.95. The number of amides is 1. The number of carbonyl (C=O) groups excluding carboxylic acids is 1. The van der Waals surface area contributed by atoms with Gasteiger partial charge in [0.1, 0.15) is 0 Å². The number of likely N-dealkylation sites (N-methyl/N-ethyl adjacent to an activating group) is 1. The van der Waals surface area contributed by atoms with Crippen molar-refractivity contribution in [1.82, 2.24) is 10.2 Å². The standard InChI is InChI=1S/C15H22ClN3O/c1-19(14-4-2-3-5-14)7-6-18-15(20)11-8-12(16)10-13(17)9-11/h8-10,14H,2-7,17H2,1H3,(H,18,20). The lowest BCUT2D eigenvalue weighted by molar-refractivity contribution is 0.0947. The topological polar surface area (TPSA) is 58.4 Å². The van der Waals surface area contributed by atoms with E-state index in [4.69, 9.17) is 17.3 Å². The Morgan fingerprint density at radius 2 is 2.10 bits per heavy atom. The highest BCUT2D eigenvalue weighted by Crippen LogP contribution is 2.21. The number of rotatable bonds is 5. The molecule has 1 aromatic carbocycles. The molecule has 20 heavy (non-hydrogen) atoms. The van der Waals surface area contributed by atoms with Crippen LogP contribution < -0.4 is 11.1 Å². The van der Waals surface area contributed by atoms with Gasteiger partial charge in [-0.3, -0.25) is 4.79 Å². The predicted octanol–water partition coefficient (Wildman–Crippen LogP) is 2.53. The van der Waals surface area contributed by atoms with Crippen molar-refractivity contribution in [3.05, 3.63) is 28.8 Å². The van der Waals surface area contributed by atoms with E-state index in [-0.39, 0.29) is 5.91 Å². The molecule has 3 N–H and O–H groups in total. The Hall–Kier alpha value is -1.26. The zero-order valence-electron chi connectivity index (χ0n) is 11.9. The monoisotopic (exact) mass is 295 g/mol. The predicted molar refractivity (Wildman–Crippen MR) is 83.1 cm³/mol. The van der Waals surface area contributed by atoms with Crippen LogP contribution >= 0.6 is 11.6 Å². The number of nitrogens with zero attached hydrogens (tertiary/aromatic N) is 1. The second-order valence-electron chi connectivity index (χ2n) is 5.45. The summed E-state index contributed by atoms with van der Waals surface area (Å²) >= 11 is 5.90. The van der Waals surface area contributed by atoms with Gasteiger partial charge in [0.2, 0.25) is 0 Å². The Bertz CT molecular complexity index is 452. The average Bonchev–Trinajstić information content (AvgIpc) is 2.91. The maximum absolute atomic E-state index is 12.0. The first kappa shape index (κ1) is 15.1. The smallest absolute Gasteiger partial charge is 0.251 e. The molecular weight excluding hydrogens is 274 g/mol. The molecular formula is C15H22ClN3O. The minimum atomic E-state index is -0.126. The van der Waals surface area contributed by atoms with Gasteiger partial charge in [-0.25, -0.2) is 0 Å². The number of anilines is 1. The molecule has 0 saturated heterocycles. The van der Waals surface area contributed by atoms with Crippen LogP contribution in [-0.4, -0.2) is 37.0 Å². The van der Waals surface area contributed by atoms with E-state index in [0.717, 1.165) is 6.54 Å². The molecule has 1 aromatic rings. The van der Waals surface area contributed by atoms with Crippen molar-refractivity contribution < 1.29 is 4.79 Å². The number of hydrogen-bond acceptors (Lipinski definition) is 3. The van der Waals surface area contributed by atoms with Crippen LogP contribution in [0.25, 0.3) is 0 Å². The van der Waals surface area contributed by atoms with Gasteiger partial charge in [-0.2, -0.15) is 0 Å². The summed E-state index contributed by atoms with van der Waals surface area (Å²) in [7, 11) is 2.12. The van der Waals surface area contributed by atoms with E-state index in [1.54, 1.807) is 18.2 Å². The van der Waals surface area contributed by atoms with Gasteiger partial charge in [-0.15, -0.1) is 0 Å². The number of halogens is 1. The fraction of sp³-hybridized carbons (Fsp3) is 0.533. The average molecular weight is 296 g/mol. The Kier molecular flexibility index (Phi) is 5.26. The molecule has 5 heteroatoms. The molecule has 4 nitrogen and oxygen atoms in total. The molecule has 0 radical (unpaired) electrons. The van der Waals surface area contributed by atoms with Crippen molar-refractivity contribution >= 4 is 23.2 Å². The molecule has 1 aliphatic rings. The molecule has 0 aromatic heterocycles. The van der Waals surface area contributed by atoms with Gasteiger partial charge in [-0.05, 0) is 38.1 Å². The van der Waals surface area contributed by atoms with E-state index in [0.29, 0.717) is 28.9 Å². The van der Waals surface area contributed by atoms with E-state index in [1.165, 1.54) is 25.7 Å². The van der Waals surface area contributed by atoms with Crippen LogP contribution in [0.4, 0.5) is 5.69 Å². The fourth-order valence-corrected chi connectivity index (χ4v) is 2.96. The van der Waals surface area contributed by atoms with E-state index in [9.17, 15) is 4.79 Å². The number of nitrogen functional groups attached to an aromatic ring is 1. The van der Waals surface area contributed by atoms with Crippen LogP contribution in [0.2, 0.25) is 5.02 Å². The summed E-state index contributed by atoms with van der Waals surface area (Å²) in [5.41, 5.74) is 6.70. The van der Waals surface area contributed by atoms with E-state index >= 15 is 0 Å². The van der Waals surface area contributed by atoms with Crippen molar-refractivity contribution in [2.45, 2.75) is 31.7 Å². The maximum Gasteiger partial charge on any atom is 0.251 e. The summed E-state index contributed by atoms with van der Waals surface area (Å²) in [4.78, 5) is 14.3. The third-order valence-electron chi connectivity index (χ3n) is 3.88. The van der Waals surface area contributed by atoms with Crippen LogP contribution in [0.5, 0.6) is 0 Å². The number of carbonyl (C=O) groups is 1. The first-order valence-electron chi connectivity index (χ1n) is 7.11. The summed E-state index contributed by atoms with van der Waals surface area (Å²) in [6.07, 6.45) is 5.19. The molecule has 0 heterocycles. The Morgan fingerprint density at radius 1 is 1.40 bits per heavy atom. The fourth-order valence-electron chi connectivity index (χ4n) is 2.72. The van der Waals surface area contributed by atoms with Crippen molar-refractivity contribution in [2.75, 3.05) is 25.9 Å². The summed E-state index contributed by atoms with van der Waals surface area (Å²) in [6.45, 7) is 1.50. The highest BCUT2D eigenvalue weighted by molar-refractivity contribution is 6.31. The normalized spacial score (nSPS) is 15.8. The molecule has 0 atom stereocenters. The van der Waals surface area contributed by atoms with Gasteiger partial charge in [0, 0.05) is 35.4 Å². The lowest BCUT2D eigenvalue weighted by atomic mass is 10.2. The Balaban J connectivity index is 1.79. The van der Waals surface area contributed by atoms with E-state index in [2.05, 4.69) is 17.3 Å². The van der Waals surface area contributed by atoms with Crippen LogP contribution in [0.3, 0.4) is 0 Å². The van der Waals surface area contributed by atoms with Gasteiger partial charge >= 0.3 is 0 Å². The summed E-state index contributed by atoms with van der Waals surface area (Å²) in [5, 5.41) is 3.40. The summed E-state index contributed by atoms with van der Waals surface area (Å²) in [5.74, 6) is -0.126. The third kappa shape index (κ3) is 4.12. The molecule has 0 unspecified atom stereocenters. The minimum absolute atomic E-state index is 0.126. The van der Waals surface area contributed by atoms with Crippen LogP contribution in [0.15, 0.2) is 18.2 Å². The number of nitrogens with two attached hydrogens (primary N) is 1. The summed E-state index contributed by atoms with van der Waals surface area (Å²) < 4.78 is 0. The van der Waals surface area contributed by atoms with Crippen molar-refractivity contribution in [3.63, 3.8) is 0 Å². The minimum Gasteiger partial charge on any atom is -0.399 e. The van der Waals surface area contributed by atoms with Crippen molar-refractivity contribution in [2.24, 2.45) is 0 Å². The number of nitrogens with one attached hydrogen (secondary N) is 1. The van der Waals surface area contributed by atoms with Crippen LogP contribution in [0, 0.1) is 0 Å². The maximum atomic E-state index is 12.0. The SMILES string of the molecule is CN(CCNC(=O)c1cc(N)cc(Cl)c1)C1CCCC1. The van der Waals surface area contributed by atoms with Crippen molar-refractivity contribution in [1.29, 1.82) is 0 Å². The molecule has 2 rings (SSSR count). The van der Waals surface area contributed by atoms with E-state index < -0.39 is 0 Å². The zero-order chi connectivity index (χ0) is 14.5. The zero-order valence-corrected chi connectivity index (χ0v) is 12.6. The molecule has 1 fully saturated rings. The molecule has 0 aliphatic heterocycles. The quantitative estimate of drug-likeness (QED) is 0.821. The number of hydrogen-bond donors (Lipinski definition) is 2. The van der Waals surface area contributed by atoms with Crippen molar-refractivity contribution in [3.8, 4) is 0 Å². The van der Waals surface area contributed by atoms with E-state index in [1.807, 2.05) is 0 Å². The molecule has 110 valence electrons. The Labute approximate surface area is 125 Å². The first-order valence-corrected chi connectivity index (χ1v) is 7.48.